The molecule has 4 nitrogen and oxygen atoms in total. The maximum atomic E-state index is 8.91. The number of nitrogens with one attached hydrogen (secondary N) is 1. The zero-order valence-corrected chi connectivity index (χ0v) is 10.0. The van der Waals surface area contributed by atoms with Crippen LogP contribution in [0.4, 0.5) is 5.69 Å². The number of nitriles is 2. The zero-order valence-electron chi connectivity index (χ0n) is 10.0. The number of hydrogen-bond donors (Lipinski definition) is 1. The van der Waals surface area contributed by atoms with Crippen molar-refractivity contribution < 1.29 is 0 Å². The van der Waals surface area contributed by atoms with Crippen molar-refractivity contribution in [3.63, 3.8) is 0 Å². The van der Waals surface area contributed by atoms with Gasteiger partial charge in [0.15, 0.2) is 0 Å². The van der Waals surface area contributed by atoms with Crippen molar-refractivity contribution in [2.45, 2.75) is 0 Å². The van der Waals surface area contributed by atoms with Gasteiger partial charge < -0.3 is 9.88 Å². The van der Waals surface area contributed by atoms with E-state index in [4.69, 9.17) is 10.5 Å². The molecule has 0 atom stereocenters. The van der Waals surface area contributed by atoms with E-state index in [1.54, 1.807) is 6.07 Å². The lowest BCUT2D eigenvalue weighted by Gasteiger charge is -2.06. The first-order valence-corrected chi connectivity index (χ1v) is 5.53. The van der Waals surface area contributed by atoms with Gasteiger partial charge in [-0.2, -0.15) is 10.5 Å². The summed E-state index contributed by atoms with van der Waals surface area (Å²) in [5.41, 5.74) is 3.59. The second-order valence-corrected chi connectivity index (χ2v) is 3.86. The first-order chi connectivity index (χ1) is 8.76. The van der Waals surface area contributed by atoms with E-state index in [2.05, 4.69) is 11.4 Å². The van der Waals surface area contributed by atoms with E-state index >= 15 is 0 Å². The summed E-state index contributed by atoms with van der Waals surface area (Å²) in [5.74, 6) is 0. The topological polar surface area (TPSA) is 64.5 Å². The van der Waals surface area contributed by atoms with Gasteiger partial charge in [0.2, 0.25) is 0 Å². The lowest BCUT2D eigenvalue weighted by molar-refractivity contribution is 0.917. The summed E-state index contributed by atoms with van der Waals surface area (Å²) in [6.45, 7) is 0.294. The first-order valence-electron chi connectivity index (χ1n) is 5.53. The fourth-order valence-electron chi connectivity index (χ4n) is 1.81. The fraction of sp³-hybridized carbons (Fsp3) is 0.143. The van der Waals surface area contributed by atoms with Crippen LogP contribution in [0.5, 0.6) is 0 Å². The minimum Gasteiger partial charge on any atom is -0.372 e. The fourth-order valence-corrected chi connectivity index (χ4v) is 1.81. The summed E-state index contributed by atoms with van der Waals surface area (Å²) in [5, 5.41) is 20.4. The van der Waals surface area contributed by atoms with Crippen LogP contribution in [0.2, 0.25) is 0 Å². The van der Waals surface area contributed by atoms with Crippen molar-refractivity contribution in [3.05, 3.63) is 42.1 Å². The zero-order chi connectivity index (χ0) is 13.0. The number of nitrogens with zero attached hydrogens (tertiary/aromatic N) is 3. The van der Waals surface area contributed by atoms with Gasteiger partial charge in [0, 0.05) is 18.4 Å². The van der Waals surface area contributed by atoms with Crippen LogP contribution in [0.3, 0.4) is 0 Å². The summed E-state index contributed by atoms with van der Waals surface area (Å²) < 4.78 is 1.86. The number of hydrogen-bond acceptors (Lipinski definition) is 3. The SMILES string of the molecule is Cn1c(C#N)ccc1-c1ccc(NCC#N)cc1. The molecule has 1 aromatic carbocycles. The molecule has 2 aromatic rings. The van der Waals surface area contributed by atoms with Gasteiger partial charge in [0.25, 0.3) is 0 Å². The van der Waals surface area contributed by atoms with Gasteiger partial charge in [-0.15, -0.1) is 0 Å². The van der Waals surface area contributed by atoms with Gasteiger partial charge in [0.05, 0.1) is 6.07 Å². The van der Waals surface area contributed by atoms with Crippen LogP contribution >= 0.6 is 0 Å². The monoisotopic (exact) mass is 236 g/mol. The molecule has 0 aliphatic rings. The Morgan fingerprint density at radius 1 is 1.11 bits per heavy atom. The van der Waals surface area contributed by atoms with Crippen molar-refractivity contribution in [1.82, 2.24) is 4.57 Å². The van der Waals surface area contributed by atoms with E-state index in [1.165, 1.54) is 0 Å². The standard InChI is InChI=1S/C14H12N4/c1-18-13(10-16)6-7-14(18)11-2-4-12(5-3-11)17-9-8-15/h2-7,17H,9H2,1H3. The summed E-state index contributed by atoms with van der Waals surface area (Å²) in [4.78, 5) is 0. The quantitative estimate of drug-likeness (QED) is 0.833. The molecule has 88 valence electrons. The van der Waals surface area contributed by atoms with Crippen molar-refractivity contribution in [2.24, 2.45) is 7.05 Å². The molecule has 1 heterocycles. The Morgan fingerprint density at radius 3 is 2.39 bits per heavy atom. The summed E-state index contributed by atoms with van der Waals surface area (Å²) in [6.07, 6.45) is 0. The Hall–Kier alpha value is -2.72. The second kappa shape index (κ2) is 5.07. The van der Waals surface area contributed by atoms with Gasteiger partial charge in [0.1, 0.15) is 18.3 Å². The maximum Gasteiger partial charge on any atom is 0.120 e. The van der Waals surface area contributed by atoms with E-state index in [1.807, 2.05) is 48.0 Å². The van der Waals surface area contributed by atoms with Crippen LogP contribution in [0, 0.1) is 22.7 Å². The minimum absolute atomic E-state index is 0.294. The maximum absolute atomic E-state index is 8.91. The van der Waals surface area contributed by atoms with Crippen LogP contribution in [0.25, 0.3) is 11.3 Å². The van der Waals surface area contributed by atoms with Crippen LogP contribution in [-0.2, 0) is 7.05 Å². The Morgan fingerprint density at radius 2 is 1.83 bits per heavy atom. The smallest absolute Gasteiger partial charge is 0.120 e. The molecule has 0 saturated heterocycles. The highest BCUT2D eigenvalue weighted by atomic mass is 15.0. The number of anilines is 1. The molecule has 1 aromatic heterocycles. The van der Waals surface area contributed by atoms with Crippen LogP contribution in [0.1, 0.15) is 5.69 Å². The highest BCUT2D eigenvalue weighted by Crippen LogP contribution is 2.22. The van der Waals surface area contributed by atoms with Gasteiger partial charge in [-0.3, -0.25) is 0 Å². The third kappa shape index (κ3) is 2.18. The summed E-state index contributed by atoms with van der Waals surface area (Å²) in [6, 6.07) is 15.7. The van der Waals surface area contributed by atoms with Gasteiger partial charge in [-0.25, -0.2) is 0 Å². The van der Waals surface area contributed by atoms with Gasteiger partial charge >= 0.3 is 0 Å². The van der Waals surface area contributed by atoms with E-state index < -0.39 is 0 Å². The summed E-state index contributed by atoms with van der Waals surface area (Å²) in [7, 11) is 1.87. The predicted molar refractivity (Wildman–Crippen MR) is 69.7 cm³/mol. The molecule has 0 spiro atoms. The normalized spacial score (nSPS) is 9.50. The second-order valence-electron chi connectivity index (χ2n) is 3.86. The average molecular weight is 236 g/mol. The molecule has 1 N–H and O–H groups in total. The first kappa shape index (κ1) is 11.8. The molecule has 0 radical (unpaired) electrons. The van der Waals surface area contributed by atoms with Crippen molar-refractivity contribution >= 4 is 5.69 Å². The molecule has 0 saturated carbocycles. The minimum atomic E-state index is 0.294. The number of aromatic nitrogens is 1. The van der Waals surface area contributed by atoms with E-state index in [-0.39, 0.29) is 0 Å². The van der Waals surface area contributed by atoms with E-state index in [0.29, 0.717) is 12.2 Å². The summed E-state index contributed by atoms with van der Waals surface area (Å²) >= 11 is 0. The molecular formula is C14H12N4. The van der Waals surface area contributed by atoms with Crippen LogP contribution < -0.4 is 5.32 Å². The molecule has 2 rings (SSSR count). The Kier molecular flexibility index (Phi) is 3.31. The molecule has 0 aliphatic heterocycles. The van der Waals surface area contributed by atoms with E-state index in [0.717, 1.165) is 16.9 Å². The average Bonchev–Trinajstić information content (AvgIpc) is 2.78. The van der Waals surface area contributed by atoms with Crippen LogP contribution in [0.15, 0.2) is 36.4 Å². The molecule has 4 heteroatoms. The molecule has 0 fully saturated rings. The Bertz CT molecular complexity index is 623. The lowest BCUT2D eigenvalue weighted by atomic mass is 10.1. The Labute approximate surface area is 106 Å². The largest absolute Gasteiger partial charge is 0.372 e. The lowest BCUT2D eigenvalue weighted by Crippen LogP contribution is -1.98. The van der Waals surface area contributed by atoms with E-state index in [9.17, 15) is 0 Å². The highest BCUT2D eigenvalue weighted by molar-refractivity contribution is 5.64. The van der Waals surface area contributed by atoms with Gasteiger partial charge in [-0.1, -0.05) is 12.1 Å². The third-order valence-electron chi connectivity index (χ3n) is 2.79. The van der Waals surface area contributed by atoms with Crippen LogP contribution in [-0.4, -0.2) is 11.1 Å². The Balaban J connectivity index is 2.27. The van der Waals surface area contributed by atoms with Crippen molar-refractivity contribution in [1.29, 1.82) is 10.5 Å². The van der Waals surface area contributed by atoms with Crippen molar-refractivity contribution in [2.75, 3.05) is 11.9 Å². The molecule has 0 aliphatic carbocycles. The van der Waals surface area contributed by atoms with Gasteiger partial charge in [-0.05, 0) is 29.8 Å². The third-order valence-corrected chi connectivity index (χ3v) is 2.79. The molecule has 0 unspecified atom stereocenters. The van der Waals surface area contributed by atoms with Crippen molar-refractivity contribution in [3.8, 4) is 23.4 Å². The highest BCUT2D eigenvalue weighted by Gasteiger charge is 2.05. The number of rotatable bonds is 3. The predicted octanol–water partition coefficient (Wildman–Crippen LogP) is 2.50. The number of benzene rings is 1. The molecule has 18 heavy (non-hydrogen) atoms. The molecule has 0 amide bonds. The molecular weight excluding hydrogens is 224 g/mol. The molecule has 0 bridgehead atoms.